The summed E-state index contributed by atoms with van der Waals surface area (Å²) in [5, 5.41) is 0. The summed E-state index contributed by atoms with van der Waals surface area (Å²) in [6.45, 7) is 0. The lowest BCUT2D eigenvalue weighted by molar-refractivity contribution is 0.104. The molecule has 106 valence electrons. The smallest absolute Gasteiger partial charge is 0.186 e. The van der Waals surface area contributed by atoms with Crippen molar-refractivity contribution in [2.24, 2.45) is 0 Å². The van der Waals surface area contributed by atoms with Gasteiger partial charge in [-0.1, -0.05) is 91.0 Å². The van der Waals surface area contributed by atoms with Gasteiger partial charge in [0.25, 0.3) is 0 Å². The van der Waals surface area contributed by atoms with E-state index in [9.17, 15) is 4.79 Å². The maximum Gasteiger partial charge on any atom is 0.186 e. The van der Waals surface area contributed by atoms with Crippen molar-refractivity contribution in [2.75, 3.05) is 0 Å². The lowest BCUT2D eigenvalue weighted by atomic mass is 9.95. The first kappa shape index (κ1) is 14.0. The fourth-order valence-electron chi connectivity index (χ4n) is 2.39. The van der Waals surface area contributed by atoms with Gasteiger partial charge in [-0.15, -0.1) is 0 Å². The summed E-state index contributed by atoms with van der Waals surface area (Å²) in [4.78, 5) is 12.5. The van der Waals surface area contributed by atoms with Crippen LogP contribution in [0, 0.1) is 0 Å². The van der Waals surface area contributed by atoms with Crippen molar-refractivity contribution in [3.63, 3.8) is 0 Å². The highest BCUT2D eigenvalue weighted by atomic mass is 16.1. The van der Waals surface area contributed by atoms with Gasteiger partial charge in [0.15, 0.2) is 5.78 Å². The van der Waals surface area contributed by atoms with Crippen LogP contribution in [0.5, 0.6) is 0 Å². The third-order valence-corrected chi connectivity index (χ3v) is 3.50. The van der Waals surface area contributed by atoms with Gasteiger partial charge < -0.3 is 0 Å². The van der Waals surface area contributed by atoms with Crippen LogP contribution in [0.4, 0.5) is 0 Å². The van der Waals surface area contributed by atoms with E-state index in [1.807, 2.05) is 91.0 Å². The van der Waals surface area contributed by atoms with Crippen molar-refractivity contribution >= 4 is 11.4 Å². The lowest BCUT2D eigenvalue weighted by Gasteiger charge is -2.08. The van der Waals surface area contributed by atoms with E-state index in [0.29, 0.717) is 5.56 Å². The molecule has 0 N–H and O–H groups in total. The summed E-state index contributed by atoms with van der Waals surface area (Å²) in [6, 6.07) is 29.3. The van der Waals surface area contributed by atoms with Crippen LogP contribution >= 0.6 is 0 Å². The molecule has 0 spiro atoms. The minimum absolute atomic E-state index is 0.0170. The van der Waals surface area contributed by atoms with E-state index in [-0.39, 0.29) is 5.78 Å². The molecular weight excluding hydrogens is 268 g/mol. The molecule has 3 aromatic carbocycles. The molecule has 3 aromatic rings. The summed E-state index contributed by atoms with van der Waals surface area (Å²) in [5.41, 5.74) is 3.72. The molecule has 0 saturated heterocycles. The molecule has 0 heterocycles. The maximum absolute atomic E-state index is 12.5. The van der Waals surface area contributed by atoms with Gasteiger partial charge in [0, 0.05) is 5.56 Å². The Bertz CT molecular complexity index is 730. The summed E-state index contributed by atoms with van der Waals surface area (Å²) >= 11 is 0. The van der Waals surface area contributed by atoms with E-state index in [1.165, 1.54) is 0 Å². The van der Waals surface area contributed by atoms with E-state index in [2.05, 4.69) is 0 Å². The molecule has 0 fully saturated rings. The van der Waals surface area contributed by atoms with Gasteiger partial charge in [-0.2, -0.15) is 0 Å². The van der Waals surface area contributed by atoms with Gasteiger partial charge in [-0.3, -0.25) is 4.79 Å². The maximum atomic E-state index is 12.5. The second-order valence-corrected chi connectivity index (χ2v) is 5.02. The number of carbonyl (C=O) groups is 1. The van der Waals surface area contributed by atoms with Crippen molar-refractivity contribution in [3.05, 3.63) is 114 Å². The molecule has 0 aromatic heterocycles. The first-order valence-electron chi connectivity index (χ1n) is 7.26. The third kappa shape index (κ3) is 3.21. The fourth-order valence-corrected chi connectivity index (χ4v) is 2.39. The van der Waals surface area contributed by atoms with Crippen molar-refractivity contribution in [1.82, 2.24) is 0 Å². The van der Waals surface area contributed by atoms with Crippen LogP contribution in [0.3, 0.4) is 0 Å². The normalized spacial score (nSPS) is 10.0. The molecule has 0 aliphatic rings. The number of hydrogen-bond acceptors (Lipinski definition) is 1. The zero-order valence-electron chi connectivity index (χ0n) is 12.1. The molecule has 0 aliphatic carbocycles. The lowest BCUT2D eigenvalue weighted by Crippen LogP contribution is -1.97. The van der Waals surface area contributed by atoms with Crippen LogP contribution in [-0.2, 0) is 0 Å². The van der Waals surface area contributed by atoms with Crippen LogP contribution in [-0.4, -0.2) is 5.78 Å². The molecule has 0 amide bonds. The van der Waals surface area contributed by atoms with Crippen LogP contribution in [0.2, 0.25) is 0 Å². The van der Waals surface area contributed by atoms with E-state index in [0.717, 1.165) is 16.7 Å². The molecule has 1 nitrogen and oxygen atoms in total. The zero-order valence-corrected chi connectivity index (χ0v) is 12.1. The average Bonchev–Trinajstić information content (AvgIpc) is 2.62. The van der Waals surface area contributed by atoms with Crippen molar-refractivity contribution < 1.29 is 4.79 Å². The van der Waals surface area contributed by atoms with Gasteiger partial charge >= 0.3 is 0 Å². The molecule has 0 bridgehead atoms. The molecular formula is C21H16O. The summed E-state index contributed by atoms with van der Waals surface area (Å²) in [6.07, 6.45) is 1.72. The predicted octanol–water partition coefficient (Wildman–Crippen LogP) is 5.00. The largest absolute Gasteiger partial charge is 0.289 e. The summed E-state index contributed by atoms with van der Waals surface area (Å²) in [5.74, 6) is 0.0170. The Balaban J connectivity index is 2.06. The van der Waals surface area contributed by atoms with Gasteiger partial charge in [0.05, 0.1) is 0 Å². The fraction of sp³-hybridized carbons (Fsp3) is 0. The van der Waals surface area contributed by atoms with Crippen LogP contribution in [0.1, 0.15) is 21.5 Å². The van der Waals surface area contributed by atoms with Crippen LogP contribution in [0.25, 0.3) is 5.57 Å². The van der Waals surface area contributed by atoms with Crippen molar-refractivity contribution in [2.45, 2.75) is 0 Å². The van der Waals surface area contributed by atoms with Gasteiger partial charge in [-0.05, 0) is 22.8 Å². The zero-order chi connectivity index (χ0) is 15.2. The number of carbonyl (C=O) groups excluding carboxylic acids is 1. The van der Waals surface area contributed by atoms with Crippen LogP contribution in [0.15, 0.2) is 97.1 Å². The molecule has 0 aliphatic heterocycles. The average molecular weight is 284 g/mol. The van der Waals surface area contributed by atoms with Gasteiger partial charge in [0.1, 0.15) is 0 Å². The third-order valence-electron chi connectivity index (χ3n) is 3.50. The SMILES string of the molecule is O=C(C=C(c1ccccc1)c1ccccc1)c1ccccc1. The number of rotatable bonds is 4. The monoisotopic (exact) mass is 284 g/mol. The summed E-state index contributed by atoms with van der Waals surface area (Å²) in [7, 11) is 0. The van der Waals surface area contributed by atoms with Crippen LogP contribution < -0.4 is 0 Å². The highest BCUT2D eigenvalue weighted by Crippen LogP contribution is 2.23. The highest BCUT2D eigenvalue weighted by Gasteiger charge is 2.08. The second-order valence-electron chi connectivity index (χ2n) is 5.02. The highest BCUT2D eigenvalue weighted by molar-refractivity contribution is 6.10. The Morgan fingerprint density at radius 2 is 0.909 bits per heavy atom. The minimum Gasteiger partial charge on any atom is -0.289 e. The summed E-state index contributed by atoms with van der Waals surface area (Å²) < 4.78 is 0. The van der Waals surface area contributed by atoms with E-state index < -0.39 is 0 Å². The van der Waals surface area contributed by atoms with E-state index in [1.54, 1.807) is 6.08 Å². The predicted molar refractivity (Wildman–Crippen MR) is 90.7 cm³/mol. The standard InChI is InChI=1S/C21H16O/c22-21(19-14-8-3-9-15-19)16-20(17-10-4-1-5-11-17)18-12-6-2-7-13-18/h1-16H. The number of ketones is 1. The number of allylic oxidation sites excluding steroid dienone is 1. The molecule has 0 unspecified atom stereocenters. The molecule has 0 saturated carbocycles. The van der Waals surface area contributed by atoms with Crippen molar-refractivity contribution in [1.29, 1.82) is 0 Å². The van der Waals surface area contributed by atoms with Crippen molar-refractivity contribution in [3.8, 4) is 0 Å². The number of benzene rings is 3. The minimum atomic E-state index is 0.0170. The van der Waals surface area contributed by atoms with E-state index >= 15 is 0 Å². The molecule has 22 heavy (non-hydrogen) atoms. The Kier molecular flexibility index (Phi) is 4.26. The molecule has 1 heteroatoms. The first-order valence-corrected chi connectivity index (χ1v) is 7.26. The molecule has 0 atom stereocenters. The molecule has 0 radical (unpaired) electrons. The topological polar surface area (TPSA) is 17.1 Å². The Labute approximate surface area is 130 Å². The quantitative estimate of drug-likeness (QED) is 0.486. The Hall–Kier alpha value is -2.93. The van der Waals surface area contributed by atoms with Gasteiger partial charge in [0.2, 0.25) is 0 Å². The second kappa shape index (κ2) is 6.68. The van der Waals surface area contributed by atoms with E-state index in [4.69, 9.17) is 0 Å². The van der Waals surface area contributed by atoms with Gasteiger partial charge in [-0.25, -0.2) is 0 Å². The first-order chi connectivity index (χ1) is 10.8. The number of hydrogen-bond donors (Lipinski definition) is 0. The Morgan fingerprint density at radius 3 is 1.32 bits per heavy atom. The Morgan fingerprint density at radius 1 is 0.545 bits per heavy atom. The molecule has 3 rings (SSSR count).